The van der Waals surface area contributed by atoms with Gasteiger partial charge < -0.3 is 10.2 Å². The first-order valence-corrected chi connectivity index (χ1v) is 7.50. The summed E-state index contributed by atoms with van der Waals surface area (Å²) >= 11 is 12.2. The maximum atomic E-state index is 9.94. The molecule has 0 amide bonds. The van der Waals surface area contributed by atoms with Gasteiger partial charge in [-0.3, -0.25) is 0 Å². The van der Waals surface area contributed by atoms with E-state index in [0.29, 0.717) is 16.5 Å². The van der Waals surface area contributed by atoms with E-state index in [4.69, 9.17) is 23.2 Å². The molecule has 2 N–H and O–H groups in total. The highest BCUT2D eigenvalue weighted by Gasteiger charge is 2.33. The van der Waals surface area contributed by atoms with Crippen LogP contribution in [-0.4, -0.2) is 23.4 Å². The van der Waals surface area contributed by atoms with Crippen LogP contribution in [0.2, 0.25) is 10.0 Å². The van der Waals surface area contributed by atoms with E-state index in [1.807, 2.05) is 31.2 Å². The van der Waals surface area contributed by atoms with Crippen molar-refractivity contribution in [2.75, 3.05) is 13.2 Å². The molecule has 0 atom stereocenters. The van der Waals surface area contributed by atoms with Gasteiger partial charge in [0.15, 0.2) is 0 Å². The van der Waals surface area contributed by atoms with Crippen LogP contribution < -0.4 is 0 Å². The molecule has 0 bridgehead atoms. The summed E-state index contributed by atoms with van der Waals surface area (Å²) in [6, 6.07) is 13.0. The number of hydrogen-bond donors (Lipinski definition) is 2. The van der Waals surface area contributed by atoms with Gasteiger partial charge in [-0.25, -0.2) is 0 Å². The van der Waals surface area contributed by atoms with E-state index < -0.39 is 5.41 Å². The van der Waals surface area contributed by atoms with Crippen LogP contribution in [0.1, 0.15) is 16.7 Å². The third-order valence-corrected chi connectivity index (χ3v) is 4.46. The average molecular weight is 325 g/mol. The zero-order valence-electron chi connectivity index (χ0n) is 11.8. The van der Waals surface area contributed by atoms with E-state index in [2.05, 4.69) is 0 Å². The fraction of sp³-hybridized carbons (Fsp3) is 0.294. The highest BCUT2D eigenvalue weighted by molar-refractivity contribution is 6.33. The number of benzene rings is 2. The Hall–Kier alpha value is -1.06. The van der Waals surface area contributed by atoms with Crippen LogP contribution in [-0.2, 0) is 11.8 Å². The van der Waals surface area contributed by atoms with E-state index >= 15 is 0 Å². The second-order valence-corrected chi connectivity index (χ2v) is 6.17. The van der Waals surface area contributed by atoms with Crippen molar-refractivity contribution >= 4 is 23.2 Å². The summed E-state index contributed by atoms with van der Waals surface area (Å²) in [5.41, 5.74) is 1.99. The minimum atomic E-state index is -0.778. The van der Waals surface area contributed by atoms with Gasteiger partial charge in [0.1, 0.15) is 0 Å². The highest BCUT2D eigenvalue weighted by atomic mass is 35.5. The van der Waals surface area contributed by atoms with Crippen molar-refractivity contribution < 1.29 is 10.2 Å². The molecule has 0 radical (unpaired) electrons. The largest absolute Gasteiger partial charge is 0.395 e. The summed E-state index contributed by atoms with van der Waals surface area (Å²) in [5, 5.41) is 21.0. The summed E-state index contributed by atoms with van der Waals surface area (Å²) in [4.78, 5) is 0. The fourth-order valence-corrected chi connectivity index (χ4v) is 3.02. The Bertz CT molecular complexity index is 622. The van der Waals surface area contributed by atoms with Crippen LogP contribution >= 0.6 is 23.2 Å². The Labute approximate surface area is 135 Å². The summed E-state index contributed by atoms with van der Waals surface area (Å²) in [6.07, 6.45) is 0.421. The molecule has 0 aliphatic rings. The molecule has 21 heavy (non-hydrogen) atoms. The Morgan fingerprint density at radius 3 is 2.29 bits per heavy atom. The van der Waals surface area contributed by atoms with Gasteiger partial charge in [0, 0.05) is 15.5 Å². The van der Waals surface area contributed by atoms with Crippen LogP contribution in [0.5, 0.6) is 0 Å². The number of rotatable bonds is 5. The van der Waals surface area contributed by atoms with E-state index in [-0.39, 0.29) is 13.2 Å². The standard InChI is InChI=1S/C17H18Cl2O2/c1-12-4-2-3-5-15(12)17(10-20,11-21)9-13-8-14(18)6-7-16(13)19/h2-8,20-21H,9-11H2,1H3. The molecule has 0 spiro atoms. The molecule has 2 rings (SSSR count). The lowest BCUT2D eigenvalue weighted by Crippen LogP contribution is -2.38. The number of halogens is 2. The van der Waals surface area contributed by atoms with E-state index in [0.717, 1.165) is 16.7 Å². The van der Waals surface area contributed by atoms with Gasteiger partial charge >= 0.3 is 0 Å². The molecule has 0 heterocycles. The summed E-state index contributed by atoms with van der Waals surface area (Å²) in [5.74, 6) is 0. The van der Waals surface area contributed by atoms with Gasteiger partial charge in [-0.1, -0.05) is 47.5 Å². The molecule has 0 unspecified atom stereocenters. The smallest absolute Gasteiger partial charge is 0.0553 e. The second kappa shape index (κ2) is 6.80. The quantitative estimate of drug-likeness (QED) is 0.879. The third-order valence-electron chi connectivity index (χ3n) is 3.86. The van der Waals surface area contributed by atoms with Crippen molar-refractivity contribution in [1.82, 2.24) is 0 Å². The van der Waals surface area contributed by atoms with Gasteiger partial charge in [0.05, 0.1) is 13.2 Å². The van der Waals surface area contributed by atoms with E-state index in [1.165, 1.54) is 0 Å². The van der Waals surface area contributed by atoms with Gasteiger partial charge in [-0.05, 0) is 48.2 Å². The number of hydrogen-bond acceptors (Lipinski definition) is 2. The van der Waals surface area contributed by atoms with E-state index in [9.17, 15) is 10.2 Å². The molecule has 0 saturated heterocycles. The van der Waals surface area contributed by atoms with Crippen LogP contribution in [0.4, 0.5) is 0 Å². The minimum absolute atomic E-state index is 0.169. The van der Waals surface area contributed by atoms with Crippen molar-refractivity contribution in [1.29, 1.82) is 0 Å². The average Bonchev–Trinajstić information content (AvgIpc) is 2.49. The zero-order valence-corrected chi connectivity index (χ0v) is 13.3. The summed E-state index contributed by atoms with van der Waals surface area (Å²) < 4.78 is 0. The van der Waals surface area contributed by atoms with Crippen molar-refractivity contribution in [2.45, 2.75) is 18.8 Å². The predicted octanol–water partition coefficient (Wildman–Crippen LogP) is 3.77. The van der Waals surface area contributed by atoms with Crippen LogP contribution in [0, 0.1) is 6.92 Å². The lowest BCUT2D eigenvalue weighted by atomic mass is 9.75. The van der Waals surface area contributed by atoms with Gasteiger partial charge in [0.25, 0.3) is 0 Å². The Morgan fingerprint density at radius 1 is 1.00 bits per heavy atom. The molecule has 0 aliphatic carbocycles. The molecule has 0 aliphatic heterocycles. The molecular weight excluding hydrogens is 307 g/mol. The number of aliphatic hydroxyl groups is 2. The molecular formula is C17H18Cl2O2. The second-order valence-electron chi connectivity index (χ2n) is 5.32. The van der Waals surface area contributed by atoms with Gasteiger partial charge in [0.2, 0.25) is 0 Å². The van der Waals surface area contributed by atoms with Crippen molar-refractivity contribution in [3.05, 3.63) is 69.2 Å². The van der Waals surface area contributed by atoms with Gasteiger partial charge in [-0.15, -0.1) is 0 Å². The van der Waals surface area contributed by atoms with Crippen molar-refractivity contribution in [3.8, 4) is 0 Å². The first kappa shape index (κ1) is 16.3. The van der Waals surface area contributed by atoms with Crippen LogP contribution in [0.15, 0.2) is 42.5 Å². The fourth-order valence-electron chi connectivity index (χ4n) is 2.64. The molecule has 4 heteroatoms. The highest BCUT2D eigenvalue weighted by Crippen LogP contribution is 2.33. The topological polar surface area (TPSA) is 40.5 Å². The molecule has 0 fully saturated rings. The maximum Gasteiger partial charge on any atom is 0.0553 e. The SMILES string of the molecule is Cc1ccccc1C(CO)(CO)Cc1cc(Cl)ccc1Cl. The van der Waals surface area contributed by atoms with Crippen molar-refractivity contribution in [3.63, 3.8) is 0 Å². The number of aliphatic hydroxyl groups excluding tert-OH is 2. The Balaban J connectivity index is 2.48. The molecule has 0 aromatic heterocycles. The summed E-state index contributed by atoms with van der Waals surface area (Å²) in [7, 11) is 0. The molecule has 112 valence electrons. The minimum Gasteiger partial charge on any atom is -0.395 e. The van der Waals surface area contributed by atoms with Crippen LogP contribution in [0.25, 0.3) is 0 Å². The lowest BCUT2D eigenvalue weighted by molar-refractivity contribution is 0.116. The molecule has 2 aromatic rings. The van der Waals surface area contributed by atoms with Gasteiger partial charge in [-0.2, -0.15) is 0 Å². The normalized spacial score (nSPS) is 11.7. The van der Waals surface area contributed by atoms with Crippen LogP contribution in [0.3, 0.4) is 0 Å². The Morgan fingerprint density at radius 2 is 1.67 bits per heavy atom. The van der Waals surface area contributed by atoms with E-state index in [1.54, 1.807) is 18.2 Å². The first-order valence-electron chi connectivity index (χ1n) is 6.74. The first-order chi connectivity index (χ1) is 10.0. The molecule has 2 nitrogen and oxygen atoms in total. The maximum absolute atomic E-state index is 9.94. The third kappa shape index (κ3) is 3.41. The zero-order chi connectivity index (χ0) is 15.5. The predicted molar refractivity (Wildman–Crippen MR) is 87.2 cm³/mol. The van der Waals surface area contributed by atoms with Crippen molar-refractivity contribution in [2.24, 2.45) is 0 Å². The summed E-state index contributed by atoms with van der Waals surface area (Å²) in [6.45, 7) is 1.63. The Kier molecular flexibility index (Phi) is 5.28. The lowest BCUT2D eigenvalue weighted by Gasteiger charge is -2.32. The number of aryl methyl sites for hydroxylation is 1. The monoisotopic (exact) mass is 324 g/mol. The molecule has 0 saturated carbocycles. The molecule has 2 aromatic carbocycles.